The maximum atomic E-state index is 11.7. The molecule has 3 nitrogen and oxygen atoms in total. The lowest BCUT2D eigenvalue weighted by molar-refractivity contribution is -0.126. The van der Waals surface area contributed by atoms with Gasteiger partial charge in [-0.05, 0) is 25.5 Å². The van der Waals surface area contributed by atoms with Gasteiger partial charge in [-0.25, -0.2) is 0 Å². The molecule has 0 fully saturated rings. The fourth-order valence-corrected chi connectivity index (χ4v) is 1.07. The van der Waals surface area contributed by atoms with Gasteiger partial charge in [0.25, 0.3) is 5.91 Å². The quantitative estimate of drug-likeness (QED) is 0.391. The van der Waals surface area contributed by atoms with E-state index in [1.54, 1.807) is 4.90 Å². The van der Waals surface area contributed by atoms with Crippen LogP contribution in [0.5, 0.6) is 0 Å². The highest BCUT2D eigenvalue weighted by molar-refractivity contribution is 5.97. The number of hydrogen-bond donors (Lipinski definition) is 0. The van der Waals surface area contributed by atoms with Gasteiger partial charge in [-0.1, -0.05) is 19.2 Å². The van der Waals surface area contributed by atoms with Crippen molar-refractivity contribution in [1.82, 2.24) is 4.90 Å². The molecule has 0 rings (SSSR count). The molecule has 1 amide bonds. The Kier molecular flexibility index (Phi) is 5.81. The third-order valence-electron chi connectivity index (χ3n) is 1.99. The van der Waals surface area contributed by atoms with Crippen molar-refractivity contribution < 1.29 is 4.79 Å². The van der Waals surface area contributed by atoms with Crippen molar-refractivity contribution >= 4 is 5.91 Å². The molecule has 0 heterocycles. The van der Waals surface area contributed by atoms with Crippen molar-refractivity contribution in [2.45, 2.75) is 13.8 Å². The molecule has 0 aromatic carbocycles. The van der Waals surface area contributed by atoms with E-state index in [1.807, 2.05) is 19.9 Å². The number of rotatable bonds is 5. The summed E-state index contributed by atoms with van der Waals surface area (Å²) in [5, 5.41) is 8.84. The first kappa shape index (κ1) is 13.2. The summed E-state index contributed by atoms with van der Waals surface area (Å²) in [6, 6.07) is 1.88. The molecule has 15 heavy (non-hydrogen) atoms. The second-order valence-corrected chi connectivity index (χ2v) is 2.93. The van der Waals surface area contributed by atoms with Crippen LogP contribution in [0.2, 0.25) is 0 Å². The number of hydrogen-bond acceptors (Lipinski definition) is 2. The Morgan fingerprint density at radius 1 is 1.47 bits per heavy atom. The fourth-order valence-electron chi connectivity index (χ4n) is 1.07. The van der Waals surface area contributed by atoms with E-state index >= 15 is 0 Å². The van der Waals surface area contributed by atoms with E-state index in [2.05, 4.69) is 13.2 Å². The Bertz CT molecular complexity index is 330. The molecule has 0 bridgehead atoms. The van der Waals surface area contributed by atoms with Crippen LogP contribution in [-0.4, -0.2) is 23.9 Å². The van der Waals surface area contributed by atoms with Crippen molar-refractivity contribution in [3.63, 3.8) is 0 Å². The van der Waals surface area contributed by atoms with Crippen LogP contribution >= 0.6 is 0 Å². The summed E-state index contributed by atoms with van der Waals surface area (Å²) in [6.07, 6.45) is 2.96. The number of allylic oxidation sites excluding steroid dienone is 3. The van der Waals surface area contributed by atoms with Crippen LogP contribution in [0.25, 0.3) is 0 Å². The van der Waals surface area contributed by atoms with Crippen molar-refractivity contribution in [3.8, 4) is 6.07 Å². The Balaban J connectivity index is 4.92. The van der Waals surface area contributed by atoms with E-state index in [4.69, 9.17) is 5.26 Å². The number of carbonyl (C=O) groups excluding carboxylic acids is 1. The Morgan fingerprint density at radius 2 is 2.00 bits per heavy atom. The van der Waals surface area contributed by atoms with Crippen LogP contribution in [0, 0.1) is 11.3 Å². The number of amides is 1. The molecule has 0 aromatic rings. The molecule has 0 saturated heterocycles. The highest BCUT2D eigenvalue weighted by Gasteiger charge is 2.14. The predicted molar refractivity (Wildman–Crippen MR) is 61.0 cm³/mol. The summed E-state index contributed by atoms with van der Waals surface area (Å²) in [7, 11) is 0. The molecule has 0 N–H and O–H groups in total. The van der Waals surface area contributed by atoms with Gasteiger partial charge >= 0.3 is 0 Å². The smallest absolute Gasteiger partial charge is 0.264 e. The minimum absolute atomic E-state index is 0.101. The highest BCUT2D eigenvalue weighted by Crippen LogP contribution is 2.05. The highest BCUT2D eigenvalue weighted by atomic mass is 16.2. The van der Waals surface area contributed by atoms with E-state index < -0.39 is 0 Å². The van der Waals surface area contributed by atoms with Crippen LogP contribution in [0.4, 0.5) is 0 Å². The summed E-state index contributed by atoms with van der Waals surface area (Å²) >= 11 is 0. The first-order valence-corrected chi connectivity index (χ1v) is 4.83. The summed E-state index contributed by atoms with van der Waals surface area (Å²) < 4.78 is 0. The zero-order valence-corrected chi connectivity index (χ0v) is 9.29. The predicted octanol–water partition coefficient (Wildman–Crippen LogP) is 2.05. The average Bonchev–Trinajstić information content (AvgIpc) is 2.26. The van der Waals surface area contributed by atoms with E-state index in [-0.39, 0.29) is 11.5 Å². The lowest BCUT2D eigenvalue weighted by atomic mass is 10.1. The van der Waals surface area contributed by atoms with Gasteiger partial charge in [0, 0.05) is 13.1 Å². The van der Waals surface area contributed by atoms with Crippen LogP contribution in [0.15, 0.2) is 36.5 Å². The van der Waals surface area contributed by atoms with Crippen LogP contribution in [-0.2, 0) is 4.79 Å². The molecule has 0 aliphatic heterocycles. The molecule has 0 aliphatic carbocycles. The molecule has 0 radical (unpaired) electrons. The number of nitrogens with zero attached hydrogens (tertiary/aromatic N) is 2. The van der Waals surface area contributed by atoms with Gasteiger partial charge < -0.3 is 4.90 Å². The molecule has 0 atom stereocenters. The van der Waals surface area contributed by atoms with Gasteiger partial charge in [0.2, 0.25) is 0 Å². The first-order valence-electron chi connectivity index (χ1n) is 4.83. The molecule has 80 valence electrons. The van der Waals surface area contributed by atoms with E-state index in [0.717, 1.165) is 0 Å². The van der Waals surface area contributed by atoms with Gasteiger partial charge in [0.15, 0.2) is 0 Å². The molecule has 0 spiro atoms. The maximum absolute atomic E-state index is 11.7. The molecule has 0 unspecified atom stereocenters. The average molecular weight is 204 g/mol. The third kappa shape index (κ3) is 3.82. The zero-order chi connectivity index (χ0) is 11.8. The number of carbonyl (C=O) groups is 1. The molecule has 0 saturated carbocycles. The lowest BCUT2D eigenvalue weighted by Crippen LogP contribution is -2.31. The minimum atomic E-state index is -0.259. The fraction of sp³-hybridized carbons (Fsp3) is 0.333. The lowest BCUT2D eigenvalue weighted by Gasteiger charge is -2.17. The molecule has 3 heteroatoms. The van der Waals surface area contributed by atoms with E-state index in [0.29, 0.717) is 18.7 Å². The van der Waals surface area contributed by atoms with Crippen molar-refractivity contribution in [1.29, 1.82) is 5.26 Å². The van der Waals surface area contributed by atoms with Gasteiger partial charge in [0.1, 0.15) is 11.6 Å². The van der Waals surface area contributed by atoms with Crippen LogP contribution in [0.1, 0.15) is 13.8 Å². The van der Waals surface area contributed by atoms with Crippen molar-refractivity contribution in [3.05, 3.63) is 36.5 Å². The summed E-state index contributed by atoms with van der Waals surface area (Å²) in [6.45, 7) is 12.1. The van der Waals surface area contributed by atoms with Gasteiger partial charge in [0.05, 0.1) is 0 Å². The number of nitriles is 1. The molecular formula is C12H16N2O. The Labute approximate surface area is 91.0 Å². The Hall–Kier alpha value is -1.82. The molecule has 0 aromatic heterocycles. The standard InChI is InChI=1S/C12H16N2O/c1-5-10(4)8-11(9-13)12(15)14(6-2)7-3/h5,8H,1,4,6-7H2,2-3H3. The topological polar surface area (TPSA) is 44.1 Å². The normalized spacial score (nSPS) is 10.3. The summed E-state index contributed by atoms with van der Waals surface area (Å²) in [4.78, 5) is 13.3. The second kappa shape index (κ2) is 6.61. The van der Waals surface area contributed by atoms with Crippen molar-refractivity contribution in [2.75, 3.05) is 13.1 Å². The number of likely N-dealkylation sites (N-methyl/N-ethyl adjacent to an activating group) is 1. The van der Waals surface area contributed by atoms with Gasteiger partial charge in [-0.15, -0.1) is 0 Å². The molecule has 0 aliphatic rings. The molecular weight excluding hydrogens is 188 g/mol. The largest absolute Gasteiger partial charge is 0.339 e. The van der Waals surface area contributed by atoms with Gasteiger partial charge in [-0.3, -0.25) is 4.79 Å². The Morgan fingerprint density at radius 3 is 2.33 bits per heavy atom. The van der Waals surface area contributed by atoms with E-state index in [9.17, 15) is 4.79 Å². The van der Waals surface area contributed by atoms with Crippen LogP contribution < -0.4 is 0 Å². The SMILES string of the molecule is C=CC(=C)C=C(C#N)C(=O)N(CC)CC. The monoisotopic (exact) mass is 204 g/mol. The summed E-state index contributed by atoms with van der Waals surface area (Å²) in [5.74, 6) is -0.259. The van der Waals surface area contributed by atoms with Crippen molar-refractivity contribution in [2.24, 2.45) is 0 Å². The maximum Gasteiger partial charge on any atom is 0.264 e. The zero-order valence-electron chi connectivity index (χ0n) is 9.29. The van der Waals surface area contributed by atoms with Gasteiger partial charge in [-0.2, -0.15) is 5.26 Å². The van der Waals surface area contributed by atoms with Crippen LogP contribution in [0.3, 0.4) is 0 Å². The second-order valence-electron chi connectivity index (χ2n) is 2.93. The first-order chi connectivity index (χ1) is 7.10. The summed E-state index contributed by atoms with van der Waals surface area (Å²) in [5.41, 5.74) is 0.663. The third-order valence-corrected chi connectivity index (χ3v) is 1.99. The van der Waals surface area contributed by atoms with E-state index in [1.165, 1.54) is 12.2 Å². The minimum Gasteiger partial charge on any atom is -0.339 e.